The highest BCUT2D eigenvalue weighted by atomic mass is 35.5. The number of halogens is 1. The molecule has 0 aromatic heterocycles. The van der Waals surface area contributed by atoms with Gasteiger partial charge in [-0.15, -0.1) is 12.4 Å². The van der Waals surface area contributed by atoms with Crippen LogP contribution >= 0.6 is 12.4 Å². The summed E-state index contributed by atoms with van der Waals surface area (Å²) in [5, 5.41) is 9.52. The first kappa shape index (κ1) is 18.4. The van der Waals surface area contributed by atoms with Crippen molar-refractivity contribution < 1.29 is 5.11 Å². The van der Waals surface area contributed by atoms with E-state index in [1.807, 2.05) is 13.8 Å². The van der Waals surface area contributed by atoms with Gasteiger partial charge >= 0.3 is 0 Å². The van der Waals surface area contributed by atoms with Crippen LogP contribution in [0, 0.1) is 40.0 Å². The summed E-state index contributed by atoms with van der Waals surface area (Å²) in [6.45, 7) is 14.9. The lowest BCUT2D eigenvalue weighted by Gasteiger charge is -2.33. The van der Waals surface area contributed by atoms with Crippen molar-refractivity contribution in [2.24, 2.45) is 11.1 Å². The highest BCUT2D eigenvalue weighted by molar-refractivity contribution is 5.85. The Morgan fingerprint density at radius 1 is 0.895 bits per heavy atom. The molecular weight excluding hydrogens is 258 g/mol. The molecule has 1 aromatic rings. The van der Waals surface area contributed by atoms with E-state index in [1.54, 1.807) is 0 Å². The predicted molar refractivity (Wildman–Crippen MR) is 85.2 cm³/mol. The zero-order chi connectivity index (χ0) is 14.2. The third kappa shape index (κ3) is 3.13. The quantitative estimate of drug-likeness (QED) is 0.890. The van der Waals surface area contributed by atoms with Crippen LogP contribution in [0.5, 0.6) is 0 Å². The fourth-order valence-electron chi connectivity index (χ4n) is 2.48. The minimum Gasteiger partial charge on any atom is -0.396 e. The summed E-state index contributed by atoms with van der Waals surface area (Å²) in [6.07, 6.45) is 0. The van der Waals surface area contributed by atoms with Gasteiger partial charge in [-0.3, -0.25) is 0 Å². The van der Waals surface area contributed by atoms with Crippen LogP contribution < -0.4 is 5.73 Å². The number of hydrogen-bond acceptors (Lipinski definition) is 2. The molecule has 0 aliphatic rings. The molecule has 3 N–H and O–H groups in total. The number of benzene rings is 1. The van der Waals surface area contributed by atoms with Crippen LogP contribution in [0.2, 0.25) is 0 Å². The number of rotatable bonds is 3. The summed E-state index contributed by atoms with van der Waals surface area (Å²) in [5.41, 5.74) is 13.8. The van der Waals surface area contributed by atoms with E-state index in [4.69, 9.17) is 5.73 Å². The van der Waals surface area contributed by atoms with Crippen molar-refractivity contribution in [3.63, 3.8) is 0 Å². The average Bonchev–Trinajstić information content (AvgIpc) is 2.34. The Balaban J connectivity index is 0.00000324. The molecule has 0 saturated carbocycles. The zero-order valence-corrected chi connectivity index (χ0v) is 14.0. The molecule has 1 rings (SSSR count). The van der Waals surface area contributed by atoms with Crippen LogP contribution in [-0.2, 0) is 0 Å². The maximum absolute atomic E-state index is 9.52. The smallest absolute Gasteiger partial charge is 0.0500 e. The van der Waals surface area contributed by atoms with Crippen LogP contribution in [-0.4, -0.2) is 11.7 Å². The molecule has 110 valence electrons. The molecule has 1 atom stereocenters. The van der Waals surface area contributed by atoms with Crippen LogP contribution in [0.3, 0.4) is 0 Å². The average molecular weight is 286 g/mol. The standard InChI is InChI=1S/C16H27NO.ClH/c1-9-10(2)12(4)14(13(5)11(9)3)15(17)16(6,7)8-18;/h15,18H,8,17H2,1-7H3;1H/t15-;/m0./s1. The van der Waals surface area contributed by atoms with Crippen LogP contribution in [0.25, 0.3) is 0 Å². The Morgan fingerprint density at radius 3 is 1.53 bits per heavy atom. The van der Waals surface area contributed by atoms with Gasteiger partial charge in [-0.1, -0.05) is 13.8 Å². The first-order chi connectivity index (χ1) is 8.15. The molecule has 0 aliphatic carbocycles. The van der Waals surface area contributed by atoms with Gasteiger partial charge in [0.1, 0.15) is 0 Å². The second kappa shape index (κ2) is 6.25. The Hall–Kier alpha value is -0.570. The van der Waals surface area contributed by atoms with Crippen LogP contribution in [0.15, 0.2) is 0 Å². The van der Waals surface area contributed by atoms with Gasteiger partial charge in [0, 0.05) is 18.1 Å². The zero-order valence-electron chi connectivity index (χ0n) is 13.2. The van der Waals surface area contributed by atoms with E-state index in [0.29, 0.717) is 0 Å². The second-order valence-electron chi connectivity index (χ2n) is 6.16. The molecule has 0 heterocycles. The topological polar surface area (TPSA) is 46.2 Å². The molecule has 0 amide bonds. The summed E-state index contributed by atoms with van der Waals surface area (Å²) in [4.78, 5) is 0. The third-order valence-corrected chi connectivity index (χ3v) is 4.62. The Bertz CT molecular complexity index is 437. The minimum atomic E-state index is -0.302. The van der Waals surface area contributed by atoms with Crippen molar-refractivity contribution in [3.8, 4) is 0 Å². The molecule has 1 aromatic carbocycles. The molecule has 0 bridgehead atoms. The van der Waals surface area contributed by atoms with Gasteiger partial charge in [-0.25, -0.2) is 0 Å². The van der Waals surface area contributed by atoms with E-state index < -0.39 is 0 Å². The first-order valence-corrected chi connectivity index (χ1v) is 6.58. The van der Waals surface area contributed by atoms with Crippen LogP contribution in [0.4, 0.5) is 0 Å². The van der Waals surface area contributed by atoms with E-state index in [2.05, 4.69) is 34.6 Å². The monoisotopic (exact) mass is 285 g/mol. The van der Waals surface area contributed by atoms with Gasteiger partial charge in [0.2, 0.25) is 0 Å². The molecule has 0 spiro atoms. The highest BCUT2D eigenvalue weighted by Crippen LogP contribution is 2.37. The van der Waals surface area contributed by atoms with Crippen molar-refractivity contribution in [2.75, 3.05) is 6.61 Å². The van der Waals surface area contributed by atoms with Crippen molar-refractivity contribution in [2.45, 2.75) is 54.5 Å². The van der Waals surface area contributed by atoms with Crippen molar-refractivity contribution in [1.29, 1.82) is 0 Å². The Morgan fingerprint density at radius 2 is 1.21 bits per heavy atom. The molecule has 0 unspecified atom stereocenters. The molecule has 3 heteroatoms. The molecule has 2 nitrogen and oxygen atoms in total. The SMILES string of the molecule is Cc1c(C)c(C)c([C@H](N)C(C)(C)CO)c(C)c1C.Cl. The molecule has 0 saturated heterocycles. The molecule has 0 fully saturated rings. The largest absolute Gasteiger partial charge is 0.396 e. The molecule has 19 heavy (non-hydrogen) atoms. The Kier molecular flexibility index (Phi) is 6.07. The van der Waals surface area contributed by atoms with Gasteiger partial charge in [0.25, 0.3) is 0 Å². The lowest BCUT2D eigenvalue weighted by atomic mass is 9.76. The summed E-state index contributed by atoms with van der Waals surface area (Å²) < 4.78 is 0. The van der Waals surface area contributed by atoms with E-state index in [0.717, 1.165) is 0 Å². The first-order valence-electron chi connectivity index (χ1n) is 6.58. The van der Waals surface area contributed by atoms with Crippen molar-refractivity contribution in [1.82, 2.24) is 0 Å². The van der Waals surface area contributed by atoms with E-state index in [-0.39, 0.29) is 30.5 Å². The summed E-state index contributed by atoms with van der Waals surface area (Å²) in [5.74, 6) is 0. The predicted octanol–water partition coefficient (Wildman–Crippen LogP) is 3.67. The number of aliphatic hydroxyl groups is 1. The minimum absolute atomic E-state index is 0. The summed E-state index contributed by atoms with van der Waals surface area (Å²) in [6, 6.07) is -0.138. The van der Waals surface area contributed by atoms with Crippen LogP contribution in [0.1, 0.15) is 53.3 Å². The lowest BCUT2D eigenvalue weighted by Crippen LogP contribution is -2.34. The number of aliphatic hydroxyl groups excluding tert-OH is 1. The normalized spacial score (nSPS) is 13.1. The van der Waals surface area contributed by atoms with Gasteiger partial charge in [0.05, 0.1) is 0 Å². The maximum Gasteiger partial charge on any atom is 0.0500 e. The third-order valence-electron chi connectivity index (χ3n) is 4.62. The Labute approximate surface area is 123 Å². The molecular formula is C16H28ClNO. The maximum atomic E-state index is 9.52. The summed E-state index contributed by atoms with van der Waals surface area (Å²) in [7, 11) is 0. The van der Waals surface area contributed by atoms with Crippen molar-refractivity contribution in [3.05, 3.63) is 33.4 Å². The van der Waals surface area contributed by atoms with Crippen molar-refractivity contribution >= 4 is 12.4 Å². The van der Waals surface area contributed by atoms with E-state index >= 15 is 0 Å². The number of nitrogens with two attached hydrogens (primary N) is 1. The molecule has 0 radical (unpaired) electrons. The van der Waals surface area contributed by atoms with E-state index in [9.17, 15) is 5.11 Å². The van der Waals surface area contributed by atoms with Gasteiger partial charge in [-0.2, -0.15) is 0 Å². The van der Waals surface area contributed by atoms with Gasteiger partial charge in [0.15, 0.2) is 0 Å². The summed E-state index contributed by atoms with van der Waals surface area (Å²) >= 11 is 0. The second-order valence-corrected chi connectivity index (χ2v) is 6.16. The highest BCUT2D eigenvalue weighted by Gasteiger charge is 2.30. The fraction of sp³-hybridized carbons (Fsp3) is 0.625. The van der Waals surface area contributed by atoms with Gasteiger partial charge in [-0.05, 0) is 68.0 Å². The molecule has 0 aliphatic heterocycles. The number of hydrogen-bond donors (Lipinski definition) is 2. The fourth-order valence-corrected chi connectivity index (χ4v) is 2.48. The lowest BCUT2D eigenvalue weighted by molar-refractivity contribution is 0.131. The van der Waals surface area contributed by atoms with E-state index in [1.165, 1.54) is 33.4 Å². The van der Waals surface area contributed by atoms with Gasteiger partial charge < -0.3 is 10.8 Å².